The maximum absolute atomic E-state index is 11.0. The van der Waals surface area contributed by atoms with Crippen LogP contribution in [0, 0.1) is 19.3 Å². The average Bonchev–Trinajstić information content (AvgIpc) is 2.32. The van der Waals surface area contributed by atoms with Crippen LogP contribution in [0.4, 0.5) is 0 Å². The van der Waals surface area contributed by atoms with E-state index in [1.165, 1.54) is 5.56 Å². The monoisotopic (exact) mass is 265 g/mol. The molecule has 2 N–H and O–H groups in total. The predicted molar refractivity (Wildman–Crippen MR) is 75.6 cm³/mol. The first-order valence-electron chi connectivity index (χ1n) is 6.36. The molecule has 0 fully saturated rings. The highest BCUT2D eigenvalue weighted by atomic mass is 16.5. The fraction of sp³-hybridized carbons (Fsp3) is 0.533. The summed E-state index contributed by atoms with van der Waals surface area (Å²) in [6.07, 6.45) is 0. The number of methoxy groups -OCH3 is 1. The number of benzene rings is 1. The summed E-state index contributed by atoms with van der Waals surface area (Å²) >= 11 is 0. The SMILES string of the molecule is COc1cc(C)c(CNCC(C)(C)C(=O)O)cc1C. The van der Waals surface area contributed by atoms with Crippen molar-refractivity contribution >= 4 is 5.97 Å². The van der Waals surface area contributed by atoms with Crippen LogP contribution in [0.1, 0.15) is 30.5 Å². The molecule has 0 amide bonds. The largest absolute Gasteiger partial charge is 0.496 e. The van der Waals surface area contributed by atoms with Crippen molar-refractivity contribution in [2.24, 2.45) is 5.41 Å². The molecule has 0 bridgehead atoms. The summed E-state index contributed by atoms with van der Waals surface area (Å²) in [5.74, 6) is 0.0924. The highest BCUT2D eigenvalue weighted by molar-refractivity contribution is 5.73. The Morgan fingerprint density at radius 3 is 2.47 bits per heavy atom. The number of aliphatic carboxylic acids is 1. The minimum Gasteiger partial charge on any atom is -0.496 e. The van der Waals surface area contributed by atoms with E-state index in [2.05, 4.69) is 11.4 Å². The van der Waals surface area contributed by atoms with E-state index in [1.807, 2.05) is 19.9 Å². The summed E-state index contributed by atoms with van der Waals surface area (Å²) in [6, 6.07) is 4.09. The van der Waals surface area contributed by atoms with Crippen LogP contribution >= 0.6 is 0 Å². The molecule has 106 valence electrons. The summed E-state index contributed by atoms with van der Waals surface area (Å²) in [4.78, 5) is 11.0. The second kappa shape index (κ2) is 6.06. The Kier molecular flexibility index (Phi) is 4.95. The minimum atomic E-state index is -0.789. The average molecular weight is 265 g/mol. The first-order chi connectivity index (χ1) is 8.77. The maximum Gasteiger partial charge on any atom is 0.310 e. The quantitative estimate of drug-likeness (QED) is 0.829. The number of carboxylic acids is 1. The number of rotatable bonds is 6. The van der Waals surface area contributed by atoms with Crippen LogP contribution in [0.3, 0.4) is 0 Å². The lowest BCUT2D eigenvalue weighted by Crippen LogP contribution is -2.35. The summed E-state index contributed by atoms with van der Waals surface area (Å²) in [5.41, 5.74) is 2.64. The molecular weight excluding hydrogens is 242 g/mol. The fourth-order valence-electron chi connectivity index (χ4n) is 1.85. The second-order valence-corrected chi connectivity index (χ2v) is 5.54. The topological polar surface area (TPSA) is 58.6 Å². The number of nitrogens with one attached hydrogen (secondary N) is 1. The normalized spacial score (nSPS) is 11.4. The van der Waals surface area contributed by atoms with Crippen LogP contribution in [-0.4, -0.2) is 24.7 Å². The minimum absolute atomic E-state index is 0.437. The number of hydrogen-bond acceptors (Lipinski definition) is 3. The predicted octanol–water partition coefficient (Wildman–Crippen LogP) is 2.51. The zero-order valence-corrected chi connectivity index (χ0v) is 12.3. The van der Waals surface area contributed by atoms with Crippen molar-refractivity contribution in [2.75, 3.05) is 13.7 Å². The van der Waals surface area contributed by atoms with E-state index < -0.39 is 11.4 Å². The third-order valence-corrected chi connectivity index (χ3v) is 3.31. The lowest BCUT2D eigenvalue weighted by atomic mass is 9.93. The van der Waals surface area contributed by atoms with E-state index >= 15 is 0 Å². The molecule has 1 rings (SSSR count). The molecule has 0 heterocycles. The van der Waals surface area contributed by atoms with Gasteiger partial charge in [0.25, 0.3) is 0 Å². The highest BCUT2D eigenvalue weighted by Gasteiger charge is 2.26. The van der Waals surface area contributed by atoms with Gasteiger partial charge in [-0.15, -0.1) is 0 Å². The van der Waals surface area contributed by atoms with Gasteiger partial charge in [0.05, 0.1) is 12.5 Å². The van der Waals surface area contributed by atoms with Gasteiger partial charge in [0, 0.05) is 13.1 Å². The van der Waals surface area contributed by atoms with E-state index in [9.17, 15) is 4.79 Å². The molecule has 1 aromatic carbocycles. The van der Waals surface area contributed by atoms with Gasteiger partial charge >= 0.3 is 5.97 Å². The molecule has 0 aliphatic carbocycles. The van der Waals surface area contributed by atoms with Crippen LogP contribution in [0.5, 0.6) is 5.75 Å². The lowest BCUT2D eigenvalue weighted by molar-refractivity contribution is -0.146. The van der Waals surface area contributed by atoms with Gasteiger partial charge in [-0.3, -0.25) is 4.79 Å². The molecule has 0 radical (unpaired) electrons. The summed E-state index contributed by atoms with van der Waals surface area (Å²) in [6.45, 7) is 8.56. The standard InChI is InChI=1S/C15H23NO3/c1-10-7-13(19-5)11(2)6-12(10)8-16-9-15(3,4)14(17)18/h6-7,16H,8-9H2,1-5H3,(H,17,18). The van der Waals surface area contributed by atoms with Crippen molar-refractivity contribution in [1.29, 1.82) is 0 Å². The molecule has 19 heavy (non-hydrogen) atoms. The summed E-state index contributed by atoms with van der Waals surface area (Å²) in [7, 11) is 1.66. The molecule has 4 nitrogen and oxygen atoms in total. The first-order valence-corrected chi connectivity index (χ1v) is 6.36. The van der Waals surface area contributed by atoms with Crippen molar-refractivity contribution in [3.05, 3.63) is 28.8 Å². The van der Waals surface area contributed by atoms with E-state index in [1.54, 1.807) is 21.0 Å². The molecule has 0 aromatic heterocycles. The van der Waals surface area contributed by atoms with Gasteiger partial charge in [0.2, 0.25) is 0 Å². The molecule has 0 spiro atoms. The van der Waals surface area contributed by atoms with E-state index in [0.29, 0.717) is 13.1 Å². The van der Waals surface area contributed by atoms with Gasteiger partial charge in [-0.25, -0.2) is 0 Å². The van der Waals surface area contributed by atoms with Gasteiger partial charge in [-0.1, -0.05) is 6.07 Å². The van der Waals surface area contributed by atoms with Crippen LogP contribution < -0.4 is 10.1 Å². The number of aryl methyl sites for hydroxylation is 2. The van der Waals surface area contributed by atoms with Gasteiger partial charge in [0.1, 0.15) is 5.75 Å². The van der Waals surface area contributed by atoms with E-state index in [0.717, 1.165) is 16.9 Å². The highest BCUT2D eigenvalue weighted by Crippen LogP contribution is 2.22. The Bertz CT molecular complexity index is 467. The molecule has 4 heteroatoms. The molecule has 0 saturated heterocycles. The van der Waals surface area contributed by atoms with Crippen molar-refractivity contribution in [3.8, 4) is 5.75 Å². The fourth-order valence-corrected chi connectivity index (χ4v) is 1.85. The molecule has 0 unspecified atom stereocenters. The first kappa shape index (κ1) is 15.5. The lowest BCUT2D eigenvalue weighted by Gasteiger charge is -2.20. The molecule has 0 saturated carbocycles. The third-order valence-electron chi connectivity index (χ3n) is 3.31. The Labute approximate surface area is 114 Å². The third kappa shape index (κ3) is 3.96. The van der Waals surface area contributed by atoms with Crippen LogP contribution in [0.2, 0.25) is 0 Å². The Morgan fingerprint density at radius 2 is 1.95 bits per heavy atom. The summed E-state index contributed by atoms with van der Waals surface area (Å²) < 4.78 is 5.27. The van der Waals surface area contributed by atoms with Crippen LogP contribution in [0.25, 0.3) is 0 Å². The van der Waals surface area contributed by atoms with Gasteiger partial charge in [-0.05, 0) is 50.5 Å². The molecule has 0 aliphatic rings. The Hall–Kier alpha value is -1.55. The number of carboxylic acid groups (broad SMARTS) is 1. The Morgan fingerprint density at radius 1 is 1.32 bits per heavy atom. The second-order valence-electron chi connectivity index (χ2n) is 5.54. The molecular formula is C15H23NO3. The zero-order valence-electron chi connectivity index (χ0n) is 12.3. The van der Waals surface area contributed by atoms with Crippen LogP contribution in [-0.2, 0) is 11.3 Å². The van der Waals surface area contributed by atoms with Crippen molar-refractivity contribution < 1.29 is 14.6 Å². The van der Waals surface area contributed by atoms with Crippen molar-refractivity contribution in [3.63, 3.8) is 0 Å². The van der Waals surface area contributed by atoms with Gasteiger partial charge in [0.15, 0.2) is 0 Å². The Balaban J connectivity index is 2.69. The maximum atomic E-state index is 11.0. The number of carbonyl (C=O) groups is 1. The molecule has 0 atom stereocenters. The molecule has 1 aromatic rings. The van der Waals surface area contributed by atoms with Crippen LogP contribution in [0.15, 0.2) is 12.1 Å². The van der Waals surface area contributed by atoms with Crippen molar-refractivity contribution in [1.82, 2.24) is 5.32 Å². The van der Waals surface area contributed by atoms with Gasteiger partial charge < -0.3 is 15.2 Å². The van der Waals surface area contributed by atoms with E-state index in [-0.39, 0.29) is 0 Å². The summed E-state index contributed by atoms with van der Waals surface area (Å²) in [5, 5.41) is 12.3. The smallest absolute Gasteiger partial charge is 0.310 e. The van der Waals surface area contributed by atoms with Crippen molar-refractivity contribution in [2.45, 2.75) is 34.2 Å². The van der Waals surface area contributed by atoms with E-state index in [4.69, 9.17) is 9.84 Å². The number of ether oxygens (including phenoxy) is 1. The molecule has 0 aliphatic heterocycles. The van der Waals surface area contributed by atoms with Gasteiger partial charge in [-0.2, -0.15) is 0 Å². The zero-order chi connectivity index (χ0) is 14.6. The number of hydrogen-bond donors (Lipinski definition) is 2.